The van der Waals surface area contributed by atoms with Gasteiger partial charge in [0, 0.05) is 24.5 Å². The van der Waals surface area contributed by atoms with E-state index in [4.69, 9.17) is 4.52 Å². The summed E-state index contributed by atoms with van der Waals surface area (Å²) in [6.07, 6.45) is 0.269. The number of nitrogens with zero attached hydrogens (tertiary/aromatic N) is 1. The highest BCUT2D eigenvalue weighted by molar-refractivity contribution is 5.77. The van der Waals surface area contributed by atoms with Crippen LogP contribution >= 0.6 is 0 Å². The molecule has 31 heavy (non-hydrogen) atoms. The zero-order chi connectivity index (χ0) is 21.6. The lowest BCUT2D eigenvalue weighted by atomic mass is 9.88. The van der Waals surface area contributed by atoms with Gasteiger partial charge in [-0.25, -0.2) is 8.78 Å². The summed E-state index contributed by atoms with van der Waals surface area (Å²) in [5.74, 6) is -1.45. The lowest BCUT2D eigenvalue weighted by Crippen LogP contribution is -2.25. The second-order valence-electron chi connectivity index (χ2n) is 7.16. The molecule has 0 bridgehead atoms. The number of carbonyl (C=O) groups excluding carboxylic acids is 1. The van der Waals surface area contributed by atoms with Crippen LogP contribution in [0.3, 0.4) is 0 Å². The fourth-order valence-electron chi connectivity index (χ4n) is 3.46. The van der Waals surface area contributed by atoms with Crippen molar-refractivity contribution >= 4 is 5.91 Å². The van der Waals surface area contributed by atoms with Crippen LogP contribution < -0.4 is 5.32 Å². The SMILES string of the molecule is O=C(CC(c1ccccc1)c1ccccc1)NCc1cc(-c2ccc(F)cc2F)on1. The highest BCUT2D eigenvalue weighted by Gasteiger charge is 2.18. The van der Waals surface area contributed by atoms with Gasteiger partial charge >= 0.3 is 0 Å². The van der Waals surface area contributed by atoms with Gasteiger partial charge in [0.25, 0.3) is 0 Å². The number of amides is 1. The van der Waals surface area contributed by atoms with E-state index in [-0.39, 0.29) is 36.1 Å². The van der Waals surface area contributed by atoms with E-state index >= 15 is 0 Å². The maximum absolute atomic E-state index is 13.9. The highest BCUT2D eigenvalue weighted by Crippen LogP contribution is 2.28. The van der Waals surface area contributed by atoms with E-state index in [0.29, 0.717) is 5.69 Å². The van der Waals surface area contributed by atoms with Crippen LogP contribution in [0.25, 0.3) is 11.3 Å². The van der Waals surface area contributed by atoms with E-state index in [1.165, 1.54) is 12.1 Å². The normalized spacial score (nSPS) is 10.9. The van der Waals surface area contributed by atoms with Crippen molar-refractivity contribution in [2.45, 2.75) is 18.9 Å². The summed E-state index contributed by atoms with van der Waals surface area (Å²) in [5, 5.41) is 6.72. The standard InChI is InChI=1S/C25H20F2N2O2/c26-19-11-12-21(23(27)13-19)24-14-20(29-31-24)16-28-25(30)15-22(17-7-3-1-4-8-17)18-9-5-2-6-10-18/h1-14,22H,15-16H2,(H,28,30). The molecule has 0 spiro atoms. The summed E-state index contributed by atoms with van der Waals surface area (Å²) in [7, 11) is 0. The molecule has 6 heteroatoms. The van der Waals surface area contributed by atoms with Crippen molar-refractivity contribution in [3.05, 3.63) is 113 Å². The zero-order valence-corrected chi connectivity index (χ0v) is 16.6. The van der Waals surface area contributed by atoms with E-state index in [1.807, 2.05) is 60.7 Å². The van der Waals surface area contributed by atoms with Crippen LogP contribution in [0, 0.1) is 11.6 Å². The number of hydrogen-bond acceptors (Lipinski definition) is 3. The van der Waals surface area contributed by atoms with Crippen LogP contribution in [0.1, 0.15) is 29.2 Å². The zero-order valence-electron chi connectivity index (χ0n) is 16.6. The van der Waals surface area contributed by atoms with Crippen molar-refractivity contribution in [1.29, 1.82) is 0 Å². The molecule has 4 nitrogen and oxygen atoms in total. The molecule has 4 aromatic rings. The smallest absolute Gasteiger partial charge is 0.221 e. The lowest BCUT2D eigenvalue weighted by molar-refractivity contribution is -0.121. The summed E-state index contributed by atoms with van der Waals surface area (Å²) >= 11 is 0. The second kappa shape index (κ2) is 9.34. The highest BCUT2D eigenvalue weighted by atomic mass is 19.1. The Bertz CT molecular complexity index is 1120. The molecule has 0 radical (unpaired) electrons. The second-order valence-corrected chi connectivity index (χ2v) is 7.16. The number of nitrogens with one attached hydrogen (secondary N) is 1. The summed E-state index contributed by atoms with van der Waals surface area (Å²) in [5.41, 5.74) is 2.67. The van der Waals surface area contributed by atoms with Crippen molar-refractivity contribution in [1.82, 2.24) is 10.5 Å². The Morgan fingerprint density at radius 2 is 1.55 bits per heavy atom. The van der Waals surface area contributed by atoms with E-state index in [9.17, 15) is 13.6 Å². The number of benzene rings is 3. The molecule has 0 saturated carbocycles. The van der Waals surface area contributed by atoms with Gasteiger partial charge in [-0.2, -0.15) is 0 Å². The van der Waals surface area contributed by atoms with Gasteiger partial charge in [-0.3, -0.25) is 4.79 Å². The Morgan fingerprint density at radius 1 is 0.903 bits per heavy atom. The largest absolute Gasteiger partial charge is 0.356 e. The van der Waals surface area contributed by atoms with Crippen LogP contribution in [0.4, 0.5) is 8.78 Å². The average Bonchev–Trinajstić information content (AvgIpc) is 3.26. The van der Waals surface area contributed by atoms with Crippen molar-refractivity contribution < 1.29 is 18.1 Å². The summed E-state index contributed by atoms with van der Waals surface area (Å²) in [6, 6.07) is 24.5. The number of rotatable bonds is 7. The van der Waals surface area contributed by atoms with Crippen molar-refractivity contribution in [2.24, 2.45) is 0 Å². The predicted octanol–water partition coefficient (Wildman–Crippen LogP) is 5.46. The van der Waals surface area contributed by atoms with Gasteiger partial charge in [-0.15, -0.1) is 0 Å². The maximum atomic E-state index is 13.9. The monoisotopic (exact) mass is 418 g/mol. The van der Waals surface area contributed by atoms with Gasteiger partial charge in [0.05, 0.1) is 12.1 Å². The average molecular weight is 418 g/mol. The molecule has 1 N–H and O–H groups in total. The molecule has 1 heterocycles. The summed E-state index contributed by atoms with van der Waals surface area (Å²) in [4.78, 5) is 12.7. The van der Waals surface area contributed by atoms with E-state index < -0.39 is 11.6 Å². The molecule has 0 aliphatic heterocycles. The first-order chi connectivity index (χ1) is 15.1. The third-order valence-electron chi connectivity index (χ3n) is 5.02. The van der Waals surface area contributed by atoms with Crippen LogP contribution in [-0.2, 0) is 11.3 Å². The van der Waals surface area contributed by atoms with E-state index in [2.05, 4.69) is 10.5 Å². The van der Waals surface area contributed by atoms with Gasteiger partial charge in [0.15, 0.2) is 5.76 Å². The first kappa shape index (κ1) is 20.5. The minimum absolute atomic E-state index is 0.0800. The molecule has 0 saturated heterocycles. The van der Waals surface area contributed by atoms with E-state index in [1.54, 1.807) is 0 Å². The molecule has 0 aliphatic rings. The van der Waals surface area contributed by atoms with Crippen molar-refractivity contribution in [3.63, 3.8) is 0 Å². The van der Waals surface area contributed by atoms with Gasteiger partial charge < -0.3 is 9.84 Å². The molecular weight excluding hydrogens is 398 g/mol. The fraction of sp³-hybridized carbons (Fsp3) is 0.120. The third-order valence-corrected chi connectivity index (χ3v) is 5.02. The molecule has 4 rings (SSSR count). The molecule has 3 aromatic carbocycles. The molecular formula is C25H20F2N2O2. The molecule has 0 atom stereocenters. The first-order valence-corrected chi connectivity index (χ1v) is 9.88. The van der Waals surface area contributed by atoms with Crippen LogP contribution in [-0.4, -0.2) is 11.1 Å². The number of hydrogen-bond donors (Lipinski definition) is 1. The molecule has 1 aromatic heterocycles. The van der Waals surface area contributed by atoms with Crippen LogP contribution in [0.5, 0.6) is 0 Å². The van der Waals surface area contributed by atoms with Crippen molar-refractivity contribution in [2.75, 3.05) is 0 Å². The van der Waals surface area contributed by atoms with Gasteiger partial charge in [0.1, 0.15) is 17.3 Å². The summed E-state index contributed by atoms with van der Waals surface area (Å²) in [6.45, 7) is 0.140. The molecule has 0 aliphatic carbocycles. The Balaban J connectivity index is 1.43. The van der Waals surface area contributed by atoms with Gasteiger partial charge in [-0.1, -0.05) is 65.8 Å². The molecule has 0 unspecified atom stereocenters. The Kier molecular flexibility index (Phi) is 6.17. The van der Waals surface area contributed by atoms with Crippen LogP contribution in [0.2, 0.25) is 0 Å². The third kappa shape index (κ3) is 5.04. The fourth-order valence-corrected chi connectivity index (χ4v) is 3.46. The summed E-state index contributed by atoms with van der Waals surface area (Å²) < 4.78 is 32.2. The van der Waals surface area contributed by atoms with Crippen LogP contribution in [0.15, 0.2) is 89.5 Å². The topological polar surface area (TPSA) is 55.1 Å². The Labute approximate surface area is 178 Å². The van der Waals surface area contributed by atoms with E-state index in [0.717, 1.165) is 23.3 Å². The minimum Gasteiger partial charge on any atom is -0.356 e. The van der Waals surface area contributed by atoms with Gasteiger partial charge in [-0.05, 0) is 23.3 Å². The maximum Gasteiger partial charge on any atom is 0.221 e. The quantitative estimate of drug-likeness (QED) is 0.434. The predicted molar refractivity (Wildman–Crippen MR) is 113 cm³/mol. The number of aromatic nitrogens is 1. The molecule has 156 valence electrons. The lowest BCUT2D eigenvalue weighted by Gasteiger charge is -2.17. The molecule has 0 fully saturated rings. The Hall–Kier alpha value is -3.80. The van der Waals surface area contributed by atoms with Crippen molar-refractivity contribution in [3.8, 4) is 11.3 Å². The number of carbonyl (C=O) groups is 1. The Morgan fingerprint density at radius 3 is 2.16 bits per heavy atom. The minimum atomic E-state index is -0.736. The molecule has 1 amide bonds. The first-order valence-electron chi connectivity index (χ1n) is 9.88. The number of halogens is 2. The van der Waals surface area contributed by atoms with Gasteiger partial charge in [0.2, 0.25) is 5.91 Å².